The van der Waals surface area contributed by atoms with Crippen LogP contribution in [-0.4, -0.2) is 16.1 Å². The lowest BCUT2D eigenvalue weighted by Crippen LogP contribution is -2.14. The van der Waals surface area contributed by atoms with E-state index in [1.807, 2.05) is 31.2 Å². The number of aryl methyl sites for hydroxylation is 1. The van der Waals surface area contributed by atoms with E-state index in [9.17, 15) is 4.79 Å². The third kappa shape index (κ3) is 2.28. The Labute approximate surface area is 99.0 Å². The lowest BCUT2D eigenvalue weighted by atomic mass is 10.1. The van der Waals surface area contributed by atoms with Gasteiger partial charge in [-0.25, -0.2) is 0 Å². The van der Waals surface area contributed by atoms with Crippen LogP contribution in [0.5, 0.6) is 0 Å². The molecule has 1 amide bonds. The highest BCUT2D eigenvalue weighted by Crippen LogP contribution is 2.17. The molecule has 0 atom stereocenters. The number of nitrogens with two attached hydrogens (primary N) is 1. The van der Waals surface area contributed by atoms with Crippen LogP contribution in [0.2, 0.25) is 0 Å². The van der Waals surface area contributed by atoms with E-state index in [1.165, 1.54) is 6.20 Å². The van der Waals surface area contributed by atoms with E-state index in [2.05, 4.69) is 15.5 Å². The van der Waals surface area contributed by atoms with Crippen LogP contribution in [-0.2, 0) is 6.42 Å². The maximum Gasteiger partial charge on any atom is 0.261 e. The Balaban J connectivity index is 2.22. The number of H-pyrrole nitrogens is 1. The second kappa shape index (κ2) is 4.69. The highest BCUT2D eigenvalue weighted by molar-refractivity contribution is 6.07. The first-order valence-corrected chi connectivity index (χ1v) is 5.40. The summed E-state index contributed by atoms with van der Waals surface area (Å²) in [6, 6.07) is 7.68. The predicted octanol–water partition coefficient (Wildman–Crippen LogP) is 1.81. The van der Waals surface area contributed by atoms with Crippen molar-refractivity contribution < 1.29 is 4.79 Å². The molecule has 17 heavy (non-hydrogen) atoms. The highest BCUT2D eigenvalue weighted by Gasteiger charge is 2.12. The third-order valence-corrected chi connectivity index (χ3v) is 2.56. The zero-order valence-electron chi connectivity index (χ0n) is 9.53. The number of nitrogens with one attached hydrogen (secondary N) is 2. The van der Waals surface area contributed by atoms with Gasteiger partial charge in [0.05, 0.1) is 6.20 Å². The van der Waals surface area contributed by atoms with Gasteiger partial charge in [0.25, 0.3) is 5.91 Å². The average molecular weight is 230 g/mol. The van der Waals surface area contributed by atoms with E-state index in [4.69, 9.17) is 5.73 Å². The molecule has 0 saturated carbocycles. The number of aromatic nitrogens is 2. The summed E-state index contributed by atoms with van der Waals surface area (Å²) in [6.07, 6.45) is 2.27. The van der Waals surface area contributed by atoms with Gasteiger partial charge in [-0.3, -0.25) is 9.89 Å². The number of nitrogen functional groups attached to an aromatic ring is 1. The Bertz CT molecular complexity index is 533. The van der Waals surface area contributed by atoms with Crippen LogP contribution < -0.4 is 11.1 Å². The molecule has 0 bridgehead atoms. The molecular formula is C12H14N4O. The fraction of sp³-hybridized carbons (Fsp3) is 0.167. The van der Waals surface area contributed by atoms with Crippen molar-refractivity contribution in [3.8, 4) is 0 Å². The molecule has 0 aliphatic carbocycles. The van der Waals surface area contributed by atoms with Crippen LogP contribution in [0.25, 0.3) is 0 Å². The van der Waals surface area contributed by atoms with Gasteiger partial charge in [0.1, 0.15) is 11.4 Å². The summed E-state index contributed by atoms with van der Waals surface area (Å²) in [6.45, 7) is 2.04. The van der Waals surface area contributed by atoms with E-state index < -0.39 is 0 Å². The molecule has 0 spiro atoms. The molecule has 1 heterocycles. The van der Waals surface area contributed by atoms with E-state index in [-0.39, 0.29) is 11.7 Å². The number of hydrogen-bond acceptors (Lipinski definition) is 3. The number of rotatable bonds is 3. The first-order valence-electron chi connectivity index (χ1n) is 5.40. The molecular weight excluding hydrogens is 216 g/mol. The van der Waals surface area contributed by atoms with Gasteiger partial charge in [0.15, 0.2) is 0 Å². The standard InChI is InChI=1S/C12H14N4O/c1-2-8-5-3-4-6-10(8)15-12(17)9-7-14-16-11(9)13/h3-7H,2H2,1H3,(H,15,17)(H3,13,14,16). The number of benzene rings is 1. The van der Waals surface area contributed by atoms with Gasteiger partial charge >= 0.3 is 0 Å². The molecule has 0 aliphatic rings. The van der Waals surface area contributed by atoms with Crippen molar-refractivity contribution in [3.05, 3.63) is 41.6 Å². The van der Waals surface area contributed by atoms with Crippen molar-refractivity contribution in [2.24, 2.45) is 0 Å². The molecule has 1 aromatic carbocycles. The molecule has 4 N–H and O–H groups in total. The largest absolute Gasteiger partial charge is 0.383 e. The van der Waals surface area contributed by atoms with Gasteiger partial charge in [0.2, 0.25) is 0 Å². The van der Waals surface area contributed by atoms with E-state index in [0.717, 1.165) is 17.7 Å². The molecule has 5 heteroatoms. The van der Waals surface area contributed by atoms with Gasteiger partial charge in [-0.05, 0) is 18.1 Å². The fourth-order valence-corrected chi connectivity index (χ4v) is 1.62. The molecule has 5 nitrogen and oxygen atoms in total. The lowest BCUT2D eigenvalue weighted by molar-refractivity contribution is 0.102. The second-order valence-corrected chi connectivity index (χ2v) is 3.66. The number of hydrogen-bond donors (Lipinski definition) is 3. The summed E-state index contributed by atoms with van der Waals surface area (Å²) >= 11 is 0. The number of carbonyl (C=O) groups is 1. The molecule has 0 saturated heterocycles. The summed E-state index contributed by atoms with van der Waals surface area (Å²) in [5, 5.41) is 9.07. The average Bonchev–Trinajstić information content (AvgIpc) is 2.76. The number of nitrogens with zero attached hydrogens (tertiary/aromatic N) is 1. The van der Waals surface area contributed by atoms with E-state index in [0.29, 0.717) is 5.56 Å². The summed E-state index contributed by atoms with van der Waals surface area (Å²) in [5.41, 5.74) is 7.84. The van der Waals surface area contributed by atoms with Gasteiger partial charge in [0, 0.05) is 5.69 Å². The minimum absolute atomic E-state index is 0.253. The Hall–Kier alpha value is -2.30. The number of carbonyl (C=O) groups excluding carboxylic acids is 1. The van der Waals surface area contributed by atoms with Crippen molar-refractivity contribution in [2.75, 3.05) is 11.1 Å². The Morgan fingerprint density at radius 1 is 1.47 bits per heavy atom. The fourth-order valence-electron chi connectivity index (χ4n) is 1.62. The zero-order valence-corrected chi connectivity index (χ0v) is 9.53. The number of amides is 1. The third-order valence-electron chi connectivity index (χ3n) is 2.56. The van der Waals surface area contributed by atoms with Crippen molar-refractivity contribution in [2.45, 2.75) is 13.3 Å². The molecule has 0 fully saturated rings. The molecule has 88 valence electrons. The molecule has 0 unspecified atom stereocenters. The van der Waals surface area contributed by atoms with Crippen LogP contribution in [0, 0.1) is 0 Å². The van der Waals surface area contributed by atoms with Crippen LogP contribution >= 0.6 is 0 Å². The number of anilines is 2. The Kier molecular flexibility index (Phi) is 3.09. The molecule has 2 aromatic rings. The van der Waals surface area contributed by atoms with Gasteiger partial charge in [-0.2, -0.15) is 5.10 Å². The molecule has 2 rings (SSSR count). The smallest absolute Gasteiger partial charge is 0.261 e. The van der Waals surface area contributed by atoms with Crippen LogP contribution in [0.4, 0.5) is 11.5 Å². The van der Waals surface area contributed by atoms with Gasteiger partial charge in [-0.1, -0.05) is 25.1 Å². The first-order chi connectivity index (χ1) is 8.22. The predicted molar refractivity (Wildman–Crippen MR) is 66.8 cm³/mol. The van der Waals surface area contributed by atoms with E-state index >= 15 is 0 Å². The molecule has 0 radical (unpaired) electrons. The molecule has 0 aliphatic heterocycles. The van der Waals surface area contributed by atoms with Crippen molar-refractivity contribution in [3.63, 3.8) is 0 Å². The summed E-state index contributed by atoms with van der Waals surface area (Å²) < 4.78 is 0. The van der Waals surface area contributed by atoms with Crippen molar-refractivity contribution in [1.82, 2.24) is 10.2 Å². The topological polar surface area (TPSA) is 83.8 Å². The van der Waals surface area contributed by atoms with Gasteiger partial charge < -0.3 is 11.1 Å². The summed E-state index contributed by atoms with van der Waals surface area (Å²) in [4.78, 5) is 11.9. The zero-order chi connectivity index (χ0) is 12.3. The monoisotopic (exact) mass is 230 g/mol. The summed E-state index contributed by atoms with van der Waals surface area (Å²) in [5.74, 6) is 0.0219. The van der Waals surface area contributed by atoms with Crippen molar-refractivity contribution >= 4 is 17.4 Å². The number of para-hydroxylation sites is 1. The maximum atomic E-state index is 11.9. The first kappa shape index (κ1) is 11.2. The quantitative estimate of drug-likeness (QED) is 0.751. The van der Waals surface area contributed by atoms with Crippen LogP contribution in [0.1, 0.15) is 22.8 Å². The van der Waals surface area contributed by atoms with Crippen LogP contribution in [0.15, 0.2) is 30.5 Å². The minimum atomic E-state index is -0.253. The Morgan fingerprint density at radius 2 is 2.24 bits per heavy atom. The summed E-state index contributed by atoms with van der Waals surface area (Å²) in [7, 11) is 0. The second-order valence-electron chi connectivity index (χ2n) is 3.66. The lowest BCUT2D eigenvalue weighted by Gasteiger charge is -2.08. The maximum absolute atomic E-state index is 11.9. The molecule has 1 aromatic heterocycles. The van der Waals surface area contributed by atoms with Crippen molar-refractivity contribution in [1.29, 1.82) is 0 Å². The number of aromatic amines is 1. The normalized spacial score (nSPS) is 10.2. The highest BCUT2D eigenvalue weighted by atomic mass is 16.1. The minimum Gasteiger partial charge on any atom is -0.383 e. The SMILES string of the molecule is CCc1ccccc1NC(=O)c1cn[nH]c1N. The van der Waals surface area contributed by atoms with E-state index in [1.54, 1.807) is 0 Å². The van der Waals surface area contributed by atoms with Crippen LogP contribution in [0.3, 0.4) is 0 Å². The van der Waals surface area contributed by atoms with Gasteiger partial charge in [-0.15, -0.1) is 0 Å². The Morgan fingerprint density at radius 3 is 2.88 bits per heavy atom.